The van der Waals surface area contributed by atoms with Crippen LogP contribution in [0.1, 0.15) is 46.1 Å². The topological polar surface area (TPSA) is 23.6 Å². The second-order valence-corrected chi connectivity index (χ2v) is 7.66. The summed E-state index contributed by atoms with van der Waals surface area (Å²) in [6, 6.07) is 5.78. The summed E-state index contributed by atoms with van der Waals surface area (Å²) in [6.45, 7) is 9.30. The van der Waals surface area contributed by atoms with Gasteiger partial charge in [-0.05, 0) is 56.8 Å². The Kier molecular flexibility index (Phi) is 9.98. The van der Waals surface area contributed by atoms with Gasteiger partial charge in [-0.25, -0.2) is 4.31 Å². The summed E-state index contributed by atoms with van der Waals surface area (Å²) in [6.07, 6.45) is -2.77. The van der Waals surface area contributed by atoms with E-state index in [1.807, 2.05) is 27.7 Å². The number of hydrogen-bond acceptors (Lipinski definition) is 3. The number of amides is 1. The van der Waals surface area contributed by atoms with Crippen molar-refractivity contribution in [3.63, 3.8) is 0 Å². The standard InChI is InChI=1S/C17H22ClF3N2OS.C2H6/c1-12(2)23(14-6-8-22(9-7-14)16(24)11-18)25-15-5-3-4-13(10-15)17(19,20)21;1-2/h3-5,10,12,14H,6-9,11H2,1-2H3;1-2H3. The Morgan fingerprint density at radius 2 is 1.89 bits per heavy atom. The van der Waals surface area contributed by atoms with E-state index in [4.69, 9.17) is 11.6 Å². The van der Waals surface area contributed by atoms with Gasteiger partial charge in [0.25, 0.3) is 0 Å². The molecule has 8 heteroatoms. The maximum Gasteiger partial charge on any atom is 0.416 e. The summed E-state index contributed by atoms with van der Waals surface area (Å²) in [7, 11) is 0. The Bertz CT molecular complexity index is 591. The van der Waals surface area contributed by atoms with Gasteiger partial charge in [0.05, 0.1) is 5.56 Å². The minimum absolute atomic E-state index is 0.0163. The molecule has 0 radical (unpaired) electrons. The lowest BCUT2D eigenvalue weighted by Crippen LogP contribution is -2.46. The van der Waals surface area contributed by atoms with Gasteiger partial charge in [0.2, 0.25) is 5.91 Å². The highest BCUT2D eigenvalue weighted by atomic mass is 35.5. The van der Waals surface area contributed by atoms with Crippen LogP contribution in [-0.2, 0) is 11.0 Å². The number of nitrogens with zero attached hydrogens (tertiary/aromatic N) is 2. The SMILES string of the molecule is CC.CC(C)N(Sc1cccc(C(F)(F)F)c1)C1CCN(C(=O)CCl)CC1. The van der Waals surface area contributed by atoms with Crippen molar-refractivity contribution in [3.05, 3.63) is 29.8 Å². The average Bonchev–Trinajstić information content (AvgIpc) is 2.66. The highest BCUT2D eigenvalue weighted by Crippen LogP contribution is 2.35. The van der Waals surface area contributed by atoms with Gasteiger partial charge in [-0.1, -0.05) is 19.9 Å². The summed E-state index contributed by atoms with van der Waals surface area (Å²) in [5.74, 6) is -0.0842. The minimum atomic E-state index is -4.34. The van der Waals surface area contributed by atoms with Gasteiger partial charge in [-0.3, -0.25) is 4.79 Å². The van der Waals surface area contributed by atoms with Crippen molar-refractivity contribution in [2.75, 3.05) is 19.0 Å². The number of rotatable bonds is 5. The number of carbonyl (C=O) groups excluding carboxylic acids is 1. The predicted molar refractivity (Wildman–Crippen MR) is 106 cm³/mol. The van der Waals surface area contributed by atoms with Gasteiger partial charge >= 0.3 is 6.18 Å². The summed E-state index contributed by atoms with van der Waals surface area (Å²) < 4.78 is 40.8. The fraction of sp³-hybridized carbons (Fsp3) is 0.632. The highest BCUT2D eigenvalue weighted by Gasteiger charge is 2.32. The second kappa shape index (κ2) is 11.2. The van der Waals surface area contributed by atoms with Crippen LogP contribution in [0.5, 0.6) is 0 Å². The van der Waals surface area contributed by atoms with Gasteiger partial charge < -0.3 is 4.90 Å². The predicted octanol–water partition coefficient (Wildman–Crippen LogP) is 5.68. The monoisotopic (exact) mass is 424 g/mol. The molecule has 1 saturated heterocycles. The van der Waals surface area contributed by atoms with Crippen molar-refractivity contribution in [1.29, 1.82) is 0 Å². The number of halogens is 4. The number of alkyl halides is 4. The van der Waals surface area contributed by atoms with Crippen LogP contribution in [0.2, 0.25) is 0 Å². The molecule has 27 heavy (non-hydrogen) atoms. The number of carbonyl (C=O) groups is 1. The zero-order chi connectivity index (χ0) is 20.6. The molecule has 1 amide bonds. The first kappa shape index (κ1) is 24.1. The Morgan fingerprint density at radius 1 is 1.30 bits per heavy atom. The van der Waals surface area contributed by atoms with Crippen LogP contribution in [0.15, 0.2) is 29.2 Å². The minimum Gasteiger partial charge on any atom is -0.342 e. The molecule has 0 bridgehead atoms. The average molecular weight is 425 g/mol. The van der Waals surface area contributed by atoms with Crippen LogP contribution in [0.3, 0.4) is 0 Å². The van der Waals surface area contributed by atoms with Crippen molar-refractivity contribution in [2.24, 2.45) is 0 Å². The lowest BCUT2D eigenvalue weighted by molar-refractivity contribution is -0.137. The molecule has 3 nitrogen and oxygen atoms in total. The quantitative estimate of drug-likeness (QED) is 0.448. The lowest BCUT2D eigenvalue weighted by atomic mass is 10.0. The van der Waals surface area contributed by atoms with Gasteiger partial charge in [0.1, 0.15) is 5.88 Å². The van der Waals surface area contributed by atoms with Crippen molar-refractivity contribution < 1.29 is 18.0 Å². The molecule has 0 N–H and O–H groups in total. The first-order valence-electron chi connectivity index (χ1n) is 9.19. The maximum absolute atomic E-state index is 12.9. The van der Waals surface area contributed by atoms with E-state index in [0.29, 0.717) is 18.0 Å². The fourth-order valence-corrected chi connectivity index (χ4v) is 4.21. The molecular formula is C19H28ClF3N2OS. The van der Waals surface area contributed by atoms with E-state index in [1.165, 1.54) is 24.1 Å². The Morgan fingerprint density at radius 3 is 2.37 bits per heavy atom. The zero-order valence-electron chi connectivity index (χ0n) is 16.2. The van der Waals surface area contributed by atoms with E-state index in [1.54, 1.807) is 11.0 Å². The van der Waals surface area contributed by atoms with Gasteiger partial charge in [-0.15, -0.1) is 11.6 Å². The van der Waals surface area contributed by atoms with Gasteiger partial charge in [-0.2, -0.15) is 13.2 Å². The van der Waals surface area contributed by atoms with Crippen LogP contribution in [0, 0.1) is 0 Å². The molecule has 0 spiro atoms. The first-order valence-corrected chi connectivity index (χ1v) is 10.5. The van der Waals surface area contributed by atoms with E-state index in [-0.39, 0.29) is 23.9 Å². The molecule has 1 heterocycles. The molecule has 1 aliphatic rings. The van der Waals surface area contributed by atoms with Crippen LogP contribution in [0.4, 0.5) is 13.2 Å². The molecule has 1 fully saturated rings. The lowest BCUT2D eigenvalue weighted by Gasteiger charge is -2.39. The Hall–Kier alpha value is -0.920. The number of likely N-dealkylation sites (tertiary alicyclic amines) is 1. The van der Waals surface area contributed by atoms with E-state index in [2.05, 4.69) is 4.31 Å². The summed E-state index contributed by atoms with van der Waals surface area (Å²) in [5.41, 5.74) is -0.635. The molecule has 0 saturated carbocycles. The molecular weight excluding hydrogens is 397 g/mol. The van der Waals surface area contributed by atoms with Crippen molar-refractivity contribution >= 4 is 29.5 Å². The molecule has 0 aromatic heterocycles. The third-order valence-electron chi connectivity index (χ3n) is 4.17. The van der Waals surface area contributed by atoms with Crippen molar-refractivity contribution in [3.8, 4) is 0 Å². The second-order valence-electron chi connectivity index (χ2n) is 6.32. The molecule has 0 aliphatic carbocycles. The molecule has 1 aromatic rings. The number of piperidine rings is 1. The van der Waals surface area contributed by atoms with Gasteiger partial charge in [0.15, 0.2) is 0 Å². The molecule has 1 aliphatic heterocycles. The molecule has 0 unspecified atom stereocenters. The molecule has 2 rings (SSSR count). The third kappa shape index (κ3) is 7.20. The summed E-state index contributed by atoms with van der Waals surface area (Å²) >= 11 is 6.95. The Labute approximate surface area is 169 Å². The zero-order valence-corrected chi connectivity index (χ0v) is 17.8. The fourth-order valence-electron chi connectivity index (χ4n) is 2.91. The number of benzene rings is 1. The van der Waals surface area contributed by atoms with E-state index >= 15 is 0 Å². The third-order valence-corrected chi connectivity index (χ3v) is 5.80. The van der Waals surface area contributed by atoms with E-state index in [0.717, 1.165) is 18.9 Å². The first-order chi connectivity index (χ1) is 12.7. The summed E-state index contributed by atoms with van der Waals surface area (Å²) in [5, 5.41) is 0. The molecule has 1 aromatic carbocycles. The van der Waals surface area contributed by atoms with Crippen LogP contribution in [0.25, 0.3) is 0 Å². The maximum atomic E-state index is 12.9. The van der Waals surface area contributed by atoms with Crippen molar-refractivity contribution in [1.82, 2.24) is 9.21 Å². The highest BCUT2D eigenvalue weighted by molar-refractivity contribution is 7.97. The smallest absolute Gasteiger partial charge is 0.342 e. The van der Waals surface area contributed by atoms with Crippen LogP contribution >= 0.6 is 23.5 Å². The Balaban J connectivity index is 0.00000176. The van der Waals surface area contributed by atoms with E-state index < -0.39 is 11.7 Å². The van der Waals surface area contributed by atoms with Crippen LogP contribution < -0.4 is 0 Å². The largest absolute Gasteiger partial charge is 0.416 e. The normalized spacial score (nSPS) is 15.7. The molecule has 0 atom stereocenters. The number of hydrogen-bond donors (Lipinski definition) is 0. The summed E-state index contributed by atoms with van der Waals surface area (Å²) in [4.78, 5) is 14.0. The van der Waals surface area contributed by atoms with Gasteiger partial charge in [0, 0.05) is 30.1 Å². The van der Waals surface area contributed by atoms with Crippen molar-refractivity contribution in [2.45, 2.75) is 63.7 Å². The molecule has 154 valence electrons. The van der Waals surface area contributed by atoms with E-state index in [9.17, 15) is 18.0 Å². The van der Waals surface area contributed by atoms with Crippen LogP contribution in [-0.4, -0.2) is 46.2 Å².